The maximum Gasteiger partial charge on any atom is 0.0642 e. The van der Waals surface area contributed by atoms with Gasteiger partial charge in [-0.15, -0.1) is 11.6 Å². The van der Waals surface area contributed by atoms with Gasteiger partial charge in [0.15, 0.2) is 0 Å². The van der Waals surface area contributed by atoms with Crippen LogP contribution in [-0.4, -0.2) is 26.8 Å². The first-order chi connectivity index (χ1) is 8.76. The van der Waals surface area contributed by atoms with Gasteiger partial charge in [0.05, 0.1) is 17.3 Å². The van der Waals surface area contributed by atoms with Gasteiger partial charge in [0.25, 0.3) is 0 Å². The molecule has 0 spiro atoms. The number of alkyl halides is 1. The van der Waals surface area contributed by atoms with E-state index in [-0.39, 0.29) is 0 Å². The predicted molar refractivity (Wildman–Crippen MR) is 77.8 cm³/mol. The zero-order valence-corrected chi connectivity index (χ0v) is 12.2. The van der Waals surface area contributed by atoms with Crippen molar-refractivity contribution in [2.45, 2.75) is 18.7 Å². The second-order valence-electron chi connectivity index (χ2n) is 4.79. The summed E-state index contributed by atoms with van der Waals surface area (Å²) in [4.78, 5) is 2.35. The number of nitrogens with zero attached hydrogens (tertiary/aromatic N) is 1. The largest absolute Gasteiger partial charge is 0.384 e. The summed E-state index contributed by atoms with van der Waals surface area (Å²) in [7, 11) is 1.76. The van der Waals surface area contributed by atoms with Crippen molar-refractivity contribution in [1.82, 2.24) is 0 Å². The fourth-order valence-electron chi connectivity index (χ4n) is 2.66. The Hall–Kier alpha value is -0.440. The highest BCUT2D eigenvalue weighted by molar-refractivity contribution is 6.33. The molecule has 1 saturated heterocycles. The summed E-state index contributed by atoms with van der Waals surface area (Å²) in [6.45, 7) is 2.87. The van der Waals surface area contributed by atoms with Crippen LogP contribution in [-0.2, 0) is 10.6 Å². The van der Waals surface area contributed by atoms with Crippen LogP contribution in [0.5, 0.6) is 0 Å². The molecule has 4 heteroatoms. The van der Waals surface area contributed by atoms with Crippen molar-refractivity contribution in [3.8, 4) is 0 Å². The van der Waals surface area contributed by atoms with Gasteiger partial charge >= 0.3 is 0 Å². The molecule has 0 N–H and O–H groups in total. The molecule has 0 aliphatic carbocycles. The summed E-state index contributed by atoms with van der Waals surface area (Å²) >= 11 is 12.3. The van der Waals surface area contributed by atoms with E-state index in [4.69, 9.17) is 27.9 Å². The zero-order valence-electron chi connectivity index (χ0n) is 10.7. The molecule has 1 unspecified atom stereocenters. The van der Waals surface area contributed by atoms with Crippen LogP contribution in [0.2, 0.25) is 5.02 Å². The number of methoxy groups -OCH3 is 1. The van der Waals surface area contributed by atoms with Gasteiger partial charge in [-0.25, -0.2) is 0 Å². The van der Waals surface area contributed by atoms with E-state index in [9.17, 15) is 0 Å². The van der Waals surface area contributed by atoms with E-state index in [1.165, 1.54) is 12.8 Å². The number of hydrogen-bond acceptors (Lipinski definition) is 2. The first-order valence-electron chi connectivity index (χ1n) is 6.33. The molecule has 1 aliphatic rings. The van der Waals surface area contributed by atoms with Crippen LogP contribution in [0, 0.1) is 5.92 Å². The Bertz CT molecular complexity index is 395. The SMILES string of the molecule is COCC1CCCN(c2c(Cl)cccc2CCl)C1. The molecule has 0 radical (unpaired) electrons. The third-order valence-electron chi connectivity index (χ3n) is 3.45. The molecular formula is C14H19Cl2NO. The van der Waals surface area contributed by atoms with Crippen LogP contribution in [0.1, 0.15) is 18.4 Å². The second-order valence-corrected chi connectivity index (χ2v) is 5.47. The summed E-state index contributed by atoms with van der Waals surface area (Å²) < 4.78 is 5.27. The number of halogens is 2. The molecule has 0 saturated carbocycles. The van der Waals surface area contributed by atoms with Gasteiger partial charge in [0.2, 0.25) is 0 Å². The number of anilines is 1. The molecule has 2 nitrogen and oxygen atoms in total. The lowest BCUT2D eigenvalue weighted by Crippen LogP contribution is -2.37. The molecule has 0 amide bonds. The Labute approximate surface area is 119 Å². The maximum absolute atomic E-state index is 6.33. The molecule has 18 heavy (non-hydrogen) atoms. The normalized spacial score (nSPS) is 20.2. The maximum atomic E-state index is 6.33. The van der Waals surface area contributed by atoms with E-state index >= 15 is 0 Å². The first kappa shape index (κ1) is 14.0. The highest BCUT2D eigenvalue weighted by Crippen LogP contribution is 2.33. The van der Waals surface area contributed by atoms with Crippen molar-refractivity contribution in [1.29, 1.82) is 0 Å². The average molecular weight is 288 g/mol. The van der Waals surface area contributed by atoms with Gasteiger partial charge in [0, 0.05) is 26.1 Å². The van der Waals surface area contributed by atoms with E-state index in [1.807, 2.05) is 18.2 Å². The first-order valence-corrected chi connectivity index (χ1v) is 7.24. The Morgan fingerprint density at radius 3 is 3.00 bits per heavy atom. The highest BCUT2D eigenvalue weighted by atomic mass is 35.5. The molecule has 1 heterocycles. The lowest BCUT2D eigenvalue weighted by atomic mass is 9.98. The molecule has 1 fully saturated rings. The van der Waals surface area contributed by atoms with Crippen LogP contribution in [0.15, 0.2) is 18.2 Å². The third-order valence-corrected chi connectivity index (χ3v) is 4.04. The minimum atomic E-state index is 0.501. The number of benzene rings is 1. The molecule has 100 valence electrons. The van der Waals surface area contributed by atoms with Gasteiger partial charge in [-0.3, -0.25) is 0 Å². The Morgan fingerprint density at radius 1 is 1.44 bits per heavy atom. The lowest BCUT2D eigenvalue weighted by Gasteiger charge is -2.35. The number of piperidine rings is 1. The molecule has 1 aromatic rings. The van der Waals surface area contributed by atoms with Gasteiger partial charge in [-0.1, -0.05) is 23.7 Å². The molecule has 1 atom stereocenters. The minimum absolute atomic E-state index is 0.501. The van der Waals surface area contributed by atoms with E-state index in [1.54, 1.807) is 7.11 Å². The van der Waals surface area contributed by atoms with Crippen LogP contribution < -0.4 is 4.90 Å². The van der Waals surface area contributed by atoms with Crippen LogP contribution in [0.3, 0.4) is 0 Å². The minimum Gasteiger partial charge on any atom is -0.384 e. The van der Waals surface area contributed by atoms with Crippen molar-refractivity contribution in [2.75, 3.05) is 31.7 Å². The van der Waals surface area contributed by atoms with Crippen molar-refractivity contribution in [3.05, 3.63) is 28.8 Å². The third kappa shape index (κ3) is 3.11. The molecule has 0 bridgehead atoms. The highest BCUT2D eigenvalue weighted by Gasteiger charge is 2.23. The fourth-order valence-corrected chi connectivity index (χ4v) is 3.19. The average Bonchev–Trinajstić information content (AvgIpc) is 2.39. The lowest BCUT2D eigenvalue weighted by molar-refractivity contribution is 0.143. The van der Waals surface area contributed by atoms with E-state index in [0.717, 1.165) is 36.0 Å². The van der Waals surface area contributed by atoms with Gasteiger partial charge in [0.1, 0.15) is 0 Å². The topological polar surface area (TPSA) is 12.5 Å². The van der Waals surface area contributed by atoms with E-state index in [0.29, 0.717) is 11.8 Å². The van der Waals surface area contributed by atoms with Crippen molar-refractivity contribution in [2.24, 2.45) is 5.92 Å². The van der Waals surface area contributed by atoms with Crippen LogP contribution in [0.4, 0.5) is 5.69 Å². The summed E-state index contributed by atoms with van der Waals surface area (Å²) in [6, 6.07) is 5.95. The van der Waals surface area contributed by atoms with Crippen LogP contribution >= 0.6 is 23.2 Å². The Morgan fingerprint density at radius 2 is 2.28 bits per heavy atom. The number of para-hydroxylation sites is 1. The Kier molecular flexibility index (Phi) is 5.16. The second kappa shape index (κ2) is 6.65. The summed E-state index contributed by atoms with van der Waals surface area (Å²) in [5, 5.41) is 0.797. The predicted octanol–water partition coefficient (Wildman–Crippen LogP) is 3.94. The molecule has 1 aromatic carbocycles. The Balaban J connectivity index is 2.20. The van der Waals surface area contributed by atoms with Gasteiger partial charge in [-0.05, 0) is 30.4 Å². The summed E-state index contributed by atoms with van der Waals surface area (Å²) in [6.07, 6.45) is 2.41. The number of rotatable bonds is 4. The van der Waals surface area contributed by atoms with Crippen molar-refractivity contribution >= 4 is 28.9 Å². The molecule has 2 rings (SSSR count). The van der Waals surface area contributed by atoms with E-state index in [2.05, 4.69) is 4.90 Å². The van der Waals surface area contributed by atoms with Gasteiger partial charge < -0.3 is 9.64 Å². The monoisotopic (exact) mass is 287 g/mol. The van der Waals surface area contributed by atoms with Crippen LogP contribution in [0.25, 0.3) is 0 Å². The number of ether oxygens (including phenoxy) is 1. The van der Waals surface area contributed by atoms with Crippen molar-refractivity contribution < 1.29 is 4.74 Å². The smallest absolute Gasteiger partial charge is 0.0642 e. The summed E-state index contributed by atoms with van der Waals surface area (Å²) in [5.41, 5.74) is 2.22. The molecular weight excluding hydrogens is 269 g/mol. The molecule has 0 aromatic heterocycles. The fraction of sp³-hybridized carbons (Fsp3) is 0.571. The standard InChI is InChI=1S/C14H19Cl2NO/c1-18-10-11-4-3-7-17(9-11)14-12(8-15)5-2-6-13(14)16/h2,5-6,11H,3-4,7-10H2,1H3. The quantitative estimate of drug-likeness (QED) is 0.778. The van der Waals surface area contributed by atoms with E-state index < -0.39 is 0 Å². The van der Waals surface area contributed by atoms with Crippen molar-refractivity contribution in [3.63, 3.8) is 0 Å². The van der Waals surface area contributed by atoms with Gasteiger partial charge in [-0.2, -0.15) is 0 Å². The molecule has 1 aliphatic heterocycles. The summed E-state index contributed by atoms with van der Waals surface area (Å²) in [5.74, 6) is 1.09. The number of hydrogen-bond donors (Lipinski definition) is 0. The zero-order chi connectivity index (χ0) is 13.0.